The number of anilines is 1. The van der Waals surface area contributed by atoms with Crippen molar-refractivity contribution >= 4 is 11.4 Å². The zero-order valence-electron chi connectivity index (χ0n) is 7.99. The van der Waals surface area contributed by atoms with Crippen LogP contribution in [0.3, 0.4) is 0 Å². The molecule has 14 heavy (non-hydrogen) atoms. The lowest BCUT2D eigenvalue weighted by molar-refractivity contribution is -0.384. The molecule has 1 fully saturated rings. The quantitative estimate of drug-likeness (QED) is 0.591. The maximum Gasteiger partial charge on any atom is 0.292 e. The van der Waals surface area contributed by atoms with E-state index in [1.165, 1.54) is 0 Å². The van der Waals surface area contributed by atoms with Gasteiger partial charge < -0.3 is 5.32 Å². The molecule has 1 aromatic rings. The predicted octanol–water partition coefficient (Wildman–Crippen LogP) is 2.48. The van der Waals surface area contributed by atoms with Gasteiger partial charge in [-0.05, 0) is 31.4 Å². The van der Waals surface area contributed by atoms with E-state index in [9.17, 15) is 10.1 Å². The summed E-state index contributed by atoms with van der Waals surface area (Å²) < 4.78 is 0. The van der Waals surface area contributed by atoms with Gasteiger partial charge in [-0.2, -0.15) is 0 Å². The fraction of sp³-hybridized carbons (Fsp3) is 0.400. The van der Waals surface area contributed by atoms with Crippen molar-refractivity contribution in [2.45, 2.75) is 25.8 Å². The highest BCUT2D eigenvalue weighted by Crippen LogP contribution is 2.31. The lowest BCUT2D eigenvalue weighted by Gasteiger charge is -2.05. The highest BCUT2D eigenvalue weighted by molar-refractivity contribution is 5.63. The summed E-state index contributed by atoms with van der Waals surface area (Å²) in [6.07, 6.45) is 2.23. The standard InChI is InChI=1S/C10H12N2O2/c1-7-2-5-10(12(13)14)9(6-7)11-8-3-4-8/h2,5-6,8,11H,3-4H2,1H3. The first kappa shape index (κ1) is 8.99. The fourth-order valence-electron chi connectivity index (χ4n) is 1.37. The summed E-state index contributed by atoms with van der Waals surface area (Å²) >= 11 is 0. The van der Waals surface area contributed by atoms with Gasteiger partial charge in [-0.25, -0.2) is 0 Å². The van der Waals surface area contributed by atoms with Gasteiger partial charge in [0.05, 0.1) is 4.92 Å². The Labute approximate surface area is 82.1 Å². The Hall–Kier alpha value is -1.58. The number of nitro benzene ring substituents is 1. The molecule has 4 heteroatoms. The Morgan fingerprint density at radius 3 is 2.79 bits per heavy atom. The maximum absolute atomic E-state index is 10.7. The van der Waals surface area contributed by atoms with Gasteiger partial charge in [0.25, 0.3) is 5.69 Å². The lowest BCUT2D eigenvalue weighted by atomic mass is 10.2. The Morgan fingerprint density at radius 1 is 1.50 bits per heavy atom. The van der Waals surface area contributed by atoms with Crippen LogP contribution in [0.4, 0.5) is 11.4 Å². The smallest absolute Gasteiger partial charge is 0.292 e. The van der Waals surface area contributed by atoms with Crippen LogP contribution in [-0.4, -0.2) is 11.0 Å². The van der Waals surface area contributed by atoms with Crippen LogP contribution in [0, 0.1) is 17.0 Å². The molecular formula is C10H12N2O2. The molecule has 0 unspecified atom stereocenters. The van der Waals surface area contributed by atoms with Crippen molar-refractivity contribution in [2.24, 2.45) is 0 Å². The van der Waals surface area contributed by atoms with Crippen LogP contribution in [0.5, 0.6) is 0 Å². The number of nitrogens with one attached hydrogen (secondary N) is 1. The average Bonchev–Trinajstić information content (AvgIpc) is 2.87. The molecule has 0 aliphatic heterocycles. The van der Waals surface area contributed by atoms with E-state index < -0.39 is 0 Å². The molecule has 74 valence electrons. The van der Waals surface area contributed by atoms with Gasteiger partial charge in [-0.3, -0.25) is 10.1 Å². The topological polar surface area (TPSA) is 55.2 Å². The molecule has 4 nitrogen and oxygen atoms in total. The van der Waals surface area contributed by atoms with Crippen molar-refractivity contribution in [1.82, 2.24) is 0 Å². The minimum atomic E-state index is -0.343. The van der Waals surface area contributed by atoms with E-state index in [1.807, 2.05) is 13.0 Å². The molecule has 0 amide bonds. The summed E-state index contributed by atoms with van der Waals surface area (Å²) in [4.78, 5) is 10.4. The van der Waals surface area contributed by atoms with E-state index in [1.54, 1.807) is 12.1 Å². The molecule has 1 aliphatic carbocycles. The second-order valence-electron chi connectivity index (χ2n) is 3.70. The minimum absolute atomic E-state index is 0.169. The highest BCUT2D eigenvalue weighted by Gasteiger charge is 2.24. The van der Waals surface area contributed by atoms with Crippen LogP contribution < -0.4 is 5.32 Å². The Bertz CT molecular complexity index is 372. The monoisotopic (exact) mass is 192 g/mol. The van der Waals surface area contributed by atoms with Gasteiger partial charge in [0, 0.05) is 12.1 Å². The fourth-order valence-corrected chi connectivity index (χ4v) is 1.37. The zero-order valence-corrected chi connectivity index (χ0v) is 7.99. The van der Waals surface area contributed by atoms with Crippen LogP contribution in [0.2, 0.25) is 0 Å². The molecule has 0 atom stereocenters. The third-order valence-electron chi connectivity index (χ3n) is 2.29. The number of nitro groups is 1. The summed E-state index contributed by atoms with van der Waals surface area (Å²) in [5, 5.41) is 13.9. The average molecular weight is 192 g/mol. The molecule has 0 bridgehead atoms. The first-order valence-electron chi connectivity index (χ1n) is 4.68. The number of aryl methyl sites for hydroxylation is 1. The molecule has 1 aliphatic rings. The van der Waals surface area contributed by atoms with Gasteiger partial charge in [0.15, 0.2) is 0 Å². The number of nitrogens with zero attached hydrogens (tertiary/aromatic N) is 1. The first-order valence-corrected chi connectivity index (χ1v) is 4.68. The van der Waals surface area contributed by atoms with Gasteiger partial charge in [0.2, 0.25) is 0 Å². The van der Waals surface area contributed by atoms with E-state index in [4.69, 9.17) is 0 Å². The molecule has 1 saturated carbocycles. The highest BCUT2D eigenvalue weighted by atomic mass is 16.6. The number of benzene rings is 1. The first-order chi connectivity index (χ1) is 6.66. The van der Waals surface area contributed by atoms with E-state index in [0.29, 0.717) is 11.7 Å². The third-order valence-corrected chi connectivity index (χ3v) is 2.29. The summed E-state index contributed by atoms with van der Waals surface area (Å²) in [5.41, 5.74) is 1.86. The number of hydrogen-bond acceptors (Lipinski definition) is 3. The molecule has 2 rings (SSSR count). The molecule has 0 radical (unpaired) electrons. The van der Waals surface area contributed by atoms with Crippen LogP contribution >= 0.6 is 0 Å². The summed E-state index contributed by atoms with van der Waals surface area (Å²) in [6, 6.07) is 5.59. The molecule has 0 spiro atoms. The van der Waals surface area contributed by atoms with Crippen molar-refractivity contribution in [2.75, 3.05) is 5.32 Å². The summed E-state index contributed by atoms with van der Waals surface area (Å²) in [6.45, 7) is 1.93. The molecule has 0 aromatic heterocycles. The lowest BCUT2D eigenvalue weighted by Crippen LogP contribution is -2.04. The Balaban J connectivity index is 2.31. The number of hydrogen-bond donors (Lipinski definition) is 1. The van der Waals surface area contributed by atoms with Crippen molar-refractivity contribution < 1.29 is 4.92 Å². The Morgan fingerprint density at radius 2 is 2.21 bits per heavy atom. The SMILES string of the molecule is Cc1ccc([N+](=O)[O-])c(NC2CC2)c1. The number of rotatable bonds is 3. The van der Waals surface area contributed by atoms with Crippen molar-refractivity contribution in [3.63, 3.8) is 0 Å². The predicted molar refractivity (Wildman–Crippen MR) is 54.5 cm³/mol. The van der Waals surface area contributed by atoms with Gasteiger partial charge in [-0.1, -0.05) is 6.07 Å². The van der Waals surface area contributed by atoms with Crippen LogP contribution in [0.1, 0.15) is 18.4 Å². The van der Waals surface area contributed by atoms with Crippen molar-refractivity contribution in [3.8, 4) is 0 Å². The Kier molecular flexibility index (Phi) is 2.11. The molecule has 0 saturated heterocycles. The van der Waals surface area contributed by atoms with E-state index in [-0.39, 0.29) is 10.6 Å². The minimum Gasteiger partial charge on any atom is -0.377 e. The third kappa shape index (κ3) is 1.84. The van der Waals surface area contributed by atoms with E-state index >= 15 is 0 Å². The molecule has 0 heterocycles. The molecule has 1 aromatic carbocycles. The second-order valence-corrected chi connectivity index (χ2v) is 3.70. The summed E-state index contributed by atoms with van der Waals surface area (Å²) in [5.74, 6) is 0. The van der Waals surface area contributed by atoms with Gasteiger partial charge in [0.1, 0.15) is 5.69 Å². The van der Waals surface area contributed by atoms with Crippen LogP contribution in [0.25, 0.3) is 0 Å². The molecular weight excluding hydrogens is 180 g/mol. The second kappa shape index (κ2) is 3.29. The molecule has 1 N–H and O–H groups in total. The summed E-state index contributed by atoms with van der Waals surface area (Å²) in [7, 11) is 0. The van der Waals surface area contributed by atoms with Crippen molar-refractivity contribution in [3.05, 3.63) is 33.9 Å². The van der Waals surface area contributed by atoms with Crippen molar-refractivity contribution in [1.29, 1.82) is 0 Å². The van der Waals surface area contributed by atoms with E-state index in [2.05, 4.69) is 5.32 Å². The normalized spacial score (nSPS) is 15.2. The maximum atomic E-state index is 10.7. The van der Waals surface area contributed by atoms with Crippen LogP contribution in [0.15, 0.2) is 18.2 Å². The van der Waals surface area contributed by atoms with E-state index in [0.717, 1.165) is 18.4 Å². The van der Waals surface area contributed by atoms with Crippen LogP contribution in [-0.2, 0) is 0 Å². The van der Waals surface area contributed by atoms with Gasteiger partial charge in [-0.15, -0.1) is 0 Å². The zero-order chi connectivity index (χ0) is 10.1. The largest absolute Gasteiger partial charge is 0.377 e. The van der Waals surface area contributed by atoms with Gasteiger partial charge >= 0.3 is 0 Å².